The zero-order valence-corrected chi connectivity index (χ0v) is 19.8. The molecule has 3 aliphatic rings. The SMILES string of the molecule is CCOC(=O)/N=C(/SC[C@H]1O[C@@H](n2cnc3c(N)ncnc32)[C@@H]2OC(C)(C)O[C@@H]21)C1C=CC=C1. The van der Waals surface area contributed by atoms with Crippen molar-refractivity contribution in [2.75, 3.05) is 18.1 Å². The van der Waals surface area contributed by atoms with Crippen molar-refractivity contribution >= 4 is 39.9 Å². The van der Waals surface area contributed by atoms with E-state index in [4.69, 9.17) is 24.7 Å². The Hall–Kier alpha value is -2.80. The van der Waals surface area contributed by atoms with Crippen molar-refractivity contribution in [2.45, 2.75) is 51.1 Å². The molecule has 2 aromatic heterocycles. The molecule has 2 aliphatic heterocycles. The van der Waals surface area contributed by atoms with Crippen molar-refractivity contribution in [3.63, 3.8) is 0 Å². The number of aromatic nitrogens is 4. The molecule has 2 saturated heterocycles. The van der Waals surface area contributed by atoms with Crippen LogP contribution < -0.4 is 5.73 Å². The van der Waals surface area contributed by atoms with E-state index in [-0.39, 0.29) is 30.8 Å². The number of hydrogen-bond acceptors (Lipinski definition) is 10. The molecule has 2 aromatic rings. The number of amides is 1. The molecular weight excluding hydrogens is 460 g/mol. The molecule has 1 aliphatic carbocycles. The van der Waals surface area contributed by atoms with Crippen LogP contribution in [0.3, 0.4) is 0 Å². The second kappa shape index (κ2) is 9.10. The fraction of sp³-hybridized carbons (Fsp3) is 0.500. The Labute approximate surface area is 200 Å². The Morgan fingerprint density at radius 3 is 2.76 bits per heavy atom. The van der Waals surface area contributed by atoms with Crippen molar-refractivity contribution in [2.24, 2.45) is 10.9 Å². The maximum atomic E-state index is 12.1. The first kappa shape index (κ1) is 23.0. The van der Waals surface area contributed by atoms with Gasteiger partial charge < -0.3 is 24.7 Å². The number of ether oxygens (including phenoxy) is 4. The second-order valence-electron chi connectivity index (χ2n) is 8.47. The summed E-state index contributed by atoms with van der Waals surface area (Å²) in [5, 5.41) is 0.638. The molecule has 34 heavy (non-hydrogen) atoms. The van der Waals surface area contributed by atoms with E-state index in [9.17, 15) is 4.79 Å². The maximum Gasteiger partial charge on any atom is 0.434 e. The summed E-state index contributed by atoms with van der Waals surface area (Å²) in [6, 6.07) is 0. The van der Waals surface area contributed by atoms with E-state index in [2.05, 4.69) is 19.9 Å². The summed E-state index contributed by atoms with van der Waals surface area (Å²) in [7, 11) is 0. The van der Waals surface area contributed by atoms with Crippen LogP contribution in [0.4, 0.5) is 10.6 Å². The summed E-state index contributed by atoms with van der Waals surface area (Å²) < 4.78 is 25.7. The predicted octanol–water partition coefficient (Wildman–Crippen LogP) is 2.86. The topological polar surface area (TPSA) is 136 Å². The summed E-state index contributed by atoms with van der Waals surface area (Å²) in [5.74, 6) is -0.0653. The number of carbonyl (C=O) groups is 1. The lowest BCUT2D eigenvalue weighted by molar-refractivity contribution is -0.193. The van der Waals surface area contributed by atoms with Crippen LogP contribution >= 0.6 is 11.8 Å². The lowest BCUT2D eigenvalue weighted by Gasteiger charge is -2.25. The number of anilines is 1. The average Bonchev–Trinajstić information content (AvgIpc) is 3.56. The first-order chi connectivity index (χ1) is 16.4. The van der Waals surface area contributed by atoms with Crippen molar-refractivity contribution in [3.8, 4) is 0 Å². The van der Waals surface area contributed by atoms with E-state index >= 15 is 0 Å². The van der Waals surface area contributed by atoms with Gasteiger partial charge in [0.1, 0.15) is 24.1 Å². The Kier molecular flexibility index (Phi) is 6.15. The fourth-order valence-electron chi connectivity index (χ4n) is 4.29. The number of nitrogens with two attached hydrogens (primary N) is 1. The summed E-state index contributed by atoms with van der Waals surface area (Å²) in [5.41, 5.74) is 7.02. The molecule has 4 heterocycles. The Bertz CT molecular complexity index is 1170. The summed E-state index contributed by atoms with van der Waals surface area (Å²) in [4.78, 5) is 28.9. The number of fused-ring (bicyclic) bond motifs is 2. The van der Waals surface area contributed by atoms with Crippen LogP contribution in [-0.4, -0.2) is 67.1 Å². The molecular formula is C22H26N6O5S. The highest BCUT2D eigenvalue weighted by molar-refractivity contribution is 8.14. The highest BCUT2D eigenvalue weighted by Crippen LogP contribution is 2.44. The van der Waals surface area contributed by atoms with Gasteiger partial charge in [-0.05, 0) is 20.8 Å². The zero-order valence-electron chi connectivity index (χ0n) is 19.0. The van der Waals surface area contributed by atoms with Gasteiger partial charge in [-0.2, -0.15) is 4.99 Å². The number of carbonyl (C=O) groups excluding carboxylic acids is 1. The third kappa shape index (κ3) is 4.33. The van der Waals surface area contributed by atoms with Crippen LogP contribution in [0.15, 0.2) is 42.0 Å². The van der Waals surface area contributed by atoms with E-state index in [1.807, 2.05) is 38.2 Å². The number of aliphatic imine (C=N–C) groups is 1. The van der Waals surface area contributed by atoms with Crippen LogP contribution in [0.5, 0.6) is 0 Å². The molecule has 0 radical (unpaired) electrons. The lowest BCUT2D eigenvalue weighted by atomic mass is 10.1. The van der Waals surface area contributed by atoms with Gasteiger partial charge in [0.2, 0.25) is 0 Å². The van der Waals surface area contributed by atoms with Crippen LogP contribution in [0, 0.1) is 5.92 Å². The molecule has 0 aromatic carbocycles. The van der Waals surface area contributed by atoms with Gasteiger partial charge in [0.05, 0.1) is 24.1 Å². The number of imidazole rings is 1. The van der Waals surface area contributed by atoms with E-state index in [1.165, 1.54) is 18.1 Å². The molecule has 1 amide bonds. The molecule has 0 spiro atoms. The number of rotatable bonds is 5. The average molecular weight is 487 g/mol. The minimum Gasteiger partial charge on any atom is -0.448 e. The van der Waals surface area contributed by atoms with Gasteiger partial charge in [0.25, 0.3) is 0 Å². The molecule has 180 valence electrons. The minimum atomic E-state index is -0.774. The van der Waals surface area contributed by atoms with Gasteiger partial charge in [-0.3, -0.25) is 4.57 Å². The normalized spacial score (nSPS) is 28.1. The van der Waals surface area contributed by atoms with Crippen molar-refractivity contribution in [3.05, 3.63) is 37.0 Å². The summed E-state index contributed by atoms with van der Waals surface area (Å²) in [6.45, 7) is 5.77. The van der Waals surface area contributed by atoms with Gasteiger partial charge in [-0.25, -0.2) is 19.7 Å². The molecule has 2 fully saturated rings. The largest absolute Gasteiger partial charge is 0.448 e. The predicted molar refractivity (Wildman–Crippen MR) is 126 cm³/mol. The second-order valence-corrected chi connectivity index (χ2v) is 9.51. The summed E-state index contributed by atoms with van der Waals surface area (Å²) in [6.07, 6.45) is 8.66. The summed E-state index contributed by atoms with van der Waals surface area (Å²) >= 11 is 1.44. The van der Waals surface area contributed by atoms with Gasteiger partial charge >= 0.3 is 6.09 Å². The smallest absolute Gasteiger partial charge is 0.434 e. The molecule has 0 unspecified atom stereocenters. The molecule has 4 atom stereocenters. The van der Waals surface area contributed by atoms with Crippen LogP contribution in [0.1, 0.15) is 27.0 Å². The van der Waals surface area contributed by atoms with Crippen molar-refractivity contribution in [1.82, 2.24) is 19.5 Å². The van der Waals surface area contributed by atoms with Crippen LogP contribution in [0.25, 0.3) is 11.2 Å². The number of thioether (sulfide) groups is 1. The van der Waals surface area contributed by atoms with Gasteiger partial charge in [0, 0.05) is 11.7 Å². The third-order valence-electron chi connectivity index (χ3n) is 5.68. The zero-order chi connectivity index (χ0) is 23.9. The van der Waals surface area contributed by atoms with Gasteiger partial charge in [-0.15, -0.1) is 11.8 Å². The van der Waals surface area contributed by atoms with Crippen LogP contribution in [0.2, 0.25) is 0 Å². The Morgan fingerprint density at radius 1 is 1.24 bits per heavy atom. The van der Waals surface area contributed by atoms with Crippen molar-refractivity contribution < 1.29 is 23.7 Å². The number of allylic oxidation sites excluding steroid dienone is 4. The lowest BCUT2D eigenvalue weighted by Crippen LogP contribution is -2.31. The first-order valence-electron chi connectivity index (χ1n) is 11.0. The molecule has 12 heteroatoms. The standard InChI is InChI=1S/C22H26N6O5S/c1-4-30-21(29)27-19(12-7-5-6-8-12)34-9-13-15-16(33-22(2,3)32-15)20(31-13)28-11-26-14-17(23)24-10-25-18(14)28/h5-8,10-13,15-16,20H,4,9H2,1-3H3,(H2,23,24,25)/b27-19+/t13-,15-,16-,20-/m1/s1. The van der Waals surface area contributed by atoms with Gasteiger partial charge in [0.15, 0.2) is 23.5 Å². The quantitative estimate of drug-likeness (QED) is 0.496. The van der Waals surface area contributed by atoms with E-state index in [0.29, 0.717) is 27.8 Å². The minimum absolute atomic E-state index is 0.0862. The number of hydrogen-bond donors (Lipinski definition) is 1. The van der Waals surface area contributed by atoms with Crippen molar-refractivity contribution in [1.29, 1.82) is 0 Å². The van der Waals surface area contributed by atoms with E-state index in [0.717, 1.165) is 0 Å². The Morgan fingerprint density at radius 2 is 2.00 bits per heavy atom. The maximum absolute atomic E-state index is 12.1. The number of nitrogen functional groups attached to an aromatic ring is 1. The number of nitrogens with zero attached hydrogens (tertiary/aromatic N) is 5. The fourth-order valence-corrected chi connectivity index (χ4v) is 5.38. The molecule has 2 N–H and O–H groups in total. The van der Waals surface area contributed by atoms with E-state index < -0.39 is 18.1 Å². The highest BCUT2D eigenvalue weighted by Gasteiger charge is 2.56. The first-order valence-corrected chi connectivity index (χ1v) is 12.0. The van der Waals surface area contributed by atoms with Crippen LogP contribution in [-0.2, 0) is 18.9 Å². The molecule has 5 rings (SSSR count). The molecule has 11 nitrogen and oxygen atoms in total. The highest BCUT2D eigenvalue weighted by atomic mass is 32.2. The molecule has 0 saturated carbocycles. The monoisotopic (exact) mass is 486 g/mol. The third-order valence-corrected chi connectivity index (χ3v) is 6.84. The Balaban J connectivity index is 1.39. The van der Waals surface area contributed by atoms with Gasteiger partial charge in [-0.1, -0.05) is 24.3 Å². The molecule has 0 bridgehead atoms. The van der Waals surface area contributed by atoms with E-state index in [1.54, 1.807) is 17.8 Å².